The Morgan fingerprint density at radius 2 is 2.07 bits per heavy atom. The van der Waals surface area contributed by atoms with E-state index in [1.165, 1.54) is 25.9 Å². The molecule has 0 saturated carbocycles. The third-order valence-electron chi connectivity index (χ3n) is 4.10. The molecule has 0 N–H and O–H groups in total. The van der Waals surface area contributed by atoms with Gasteiger partial charge >= 0.3 is 0 Å². The summed E-state index contributed by atoms with van der Waals surface area (Å²) in [4.78, 5) is 2.40. The van der Waals surface area contributed by atoms with Gasteiger partial charge in [-0.25, -0.2) is 0 Å². The zero-order valence-electron chi connectivity index (χ0n) is 9.54. The summed E-state index contributed by atoms with van der Waals surface area (Å²) in [6, 6.07) is 2.27. The lowest BCUT2D eigenvalue weighted by Gasteiger charge is -2.49. The lowest BCUT2D eigenvalue weighted by molar-refractivity contribution is -0.158. The van der Waals surface area contributed by atoms with Crippen molar-refractivity contribution in [2.24, 2.45) is 11.3 Å². The highest BCUT2D eigenvalue weighted by atomic mass is 16.5. The number of rotatable bonds is 3. The van der Waals surface area contributed by atoms with E-state index in [9.17, 15) is 0 Å². The molecular formula is C12H20N2O. The molecule has 0 aliphatic carbocycles. The molecule has 3 nitrogen and oxygen atoms in total. The number of piperidine rings is 1. The van der Waals surface area contributed by atoms with Crippen LogP contribution in [-0.4, -0.2) is 38.3 Å². The molecule has 0 aromatic carbocycles. The molecule has 2 aliphatic rings. The largest absolute Gasteiger partial charge is 0.380 e. The van der Waals surface area contributed by atoms with Crippen molar-refractivity contribution in [3.8, 4) is 6.07 Å². The molecule has 3 heteroatoms. The molecule has 0 amide bonds. The first-order chi connectivity index (χ1) is 7.27. The molecule has 0 spiro atoms. The van der Waals surface area contributed by atoms with E-state index in [4.69, 9.17) is 10.00 Å². The molecule has 2 rings (SSSR count). The van der Waals surface area contributed by atoms with Gasteiger partial charge in [0, 0.05) is 11.8 Å². The molecule has 0 radical (unpaired) electrons. The van der Waals surface area contributed by atoms with Gasteiger partial charge in [0.05, 0.1) is 19.3 Å². The Hall–Kier alpha value is -0.590. The van der Waals surface area contributed by atoms with Crippen LogP contribution in [0.2, 0.25) is 0 Å². The van der Waals surface area contributed by atoms with Crippen LogP contribution in [0.15, 0.2) is 0 Å². The van der Waals surface area contributed by atoms with Gasteiger partial charge < -0.3 is 9.64 Å². The minimum Gasteiger partial charge on any atom is -0.380 e. The zero-order chi connectivity index (χ0) is 10.7. The first-order valence-corrected chi connectivity index (χ1v) is 5.90. The van der Waals surface area contributed by atoms with Crippen molar-refractivity contribution in [2.45, 2.75) is 25.7 Å². The smallest absolute Gasteiger partial charge is 0.0621 e. The Morgan fingerprint density at radius 3 is 2.53 bits per heavy atom. The van der Waals surface area contributed by atoms with E-state index in [1.54, 1.807) is 0 Å². The number of hydrogen-bond donors (Lipinski definition) is 0. The standard InChI is InChI=1S/C12H20N2O/c1-14-7-3-11(4-8-14)12(5-2-6-13)9-15-10-12/h11H,2-5,7-10H2,1H3. The van der Waals surface area contributed by atoms with E-state index in [0.29, 0.717) is 11.8 Å². The van der Waals surface area contributed by atoms with Gasteiger partial charge in [0.15, 0.2) is 0 Å². The number of likely N-dealkylation sites (tertiary alicyclic amines) is 1. The Labute approximate surface area is 92.0 Å². The van der Waals surface area contributed by atoms with E-state index >= 15 is 0 Å². The van der Waals surface area contributed by atoms with E-state index in [0.717, 1.165) is 25.6 Å². The van der Waals surface area contributed by atoms with Crippen LogP contribution in [0, 0.1) is 22.7 Å². The van der Waals surface area contributed by atoms with Crippen LogP contribution < -0.4 is 0 Å². The molecule has 0 aromatic rings. The van der Waals surface area contributed by atoms with Crippen LogP contribution in [0.5, 0.6) is 0 Å². The van der Waals surface area contributed by atoms with E-state index in [2.05, 4.69) is 18.0 Å². The second-order valence-electron chi connectivity index (χ2n) is 5.09. The molecule has 0 unspecified atom stereocenters. The highest BCUT2D eigenvalue weighted by molar-refractivity contribution is 4.95. The molecule has 0 aromatic heterocycles. The molecular weight excluding hydrogens is 188 g/mol. The van der Waals surface area contributed by atoms with Crippen LogP contribution in [-0.2, 0) is 4.74 Å². The third kappa shape index (κ3) is 2.16. The number of nitriles is 1. The molecule has 2 aliphatic heterocycles. The highest BCUT2D eigenvalue weighted by Crippen LogP contribution is 2.44. The van der Waals surface area contributed by atoms with Crippen molar-refractivity contribution in [3.63, 3.8) is 0 Å². The monoisotopic (exact) mass is 208 g/mol. The number of nitrogens with zero attached hydrogens (tertiary/aromatic N) is 2. The lowest BCUT2D eigenvalue weighted by Crippen LogP contribution is -2.51. The third-order valence-corrected chi connectivity index (χ3v) is 4.10. The van der Waals surface area contributed by atoms with Crippen LogP contribution in [0.1, 0.15) is 25.7 Å². The van der Waals surface area contributed by atoms with Gasteiger partial charge in [-0.1, -0.05) is 0 Å². The average molecular weight is 208 g/mol. The maximum absolute atomic E-state index is 8.69. The maximum atomic E-state index is 8.69. The van der Waals surface area contributed by atoms with Crippen molar-refractivity contribution >= 4 is 0 Å². The molecule has 2 saturated heterocycles. The molecule has 2 fully saturated rings. The van der Waals surface area contributed by atoms with Gasteiger partial charge in [-0.3, -0.25) is 0 Å². The fourth-order valence-corrected chi connectivity index (χ4v) is 2.87. The summed E-state index contributed by atoms with van der Waals surface area (Å²) in [5, 5.41) is 8.69. The molecule has 0 bridgehead atoms. The minimum atomic E-state index is 0.358. The first kappa shape index (κ1) is 10.9. The second kappa shape index (κ2) is 4.51. The van der Waals surface area contributed by atoms with Gasteiger partial charge in [-0.2, -0.15) is 5.26 Å². The summed E-state index contributed by atoms with van der Waals surface area (Å²) in [6.07, 6.45) is 4.30. The van der Waals surface area contributed by atoms with E-state index < -0.39 is 0 Å². The Balaban J connectivity index is 1.91. The van der Waals surface area contributed by atoms with Gasteiger partial charge in [0.2, 0.25) is 0 Å². The van der Waals surface area contributed by atoms with E-state index in [-0.39, 0.29) is 0 Å². The van der Waals surface area contributed by atoms with Crippen LogP contribution in [0.25, 0.3) is 0 Å². The molecule has 84 valence electrons. The van der Waals surface area contributed by atoms with Gasteiger partial charge in [0.25, 0.3) is 0 Å². The number of hydrogen-bond acceptors (Lipinski definition) is 3. The van der Waals surface area contributed by atoms with Gasteiger partial charge in [-0.05, 0) is 45.3 Å². The summed E-state index contributed by atoms with van der Waals surface area (Å²) in [6.45, 7) is 4.20. The average Bonchev–Trinajstić information content (AvgIpc) is 2.19. The Bertz CT molecular complexity index is 247. The lowest BCUT2D eigenvalue weighted by atomic mass is 9.67. The summed E-state index contributed by atoms with van der Waals surface area (Å²) in [7, 11) is 2.19. The van der Waals surface area contributed by atoms with Crippen molar-refractivity contribution in [1.29, 1.82) is 5.26 Å². The summed E-state index contributed by atoms with van der Waals surface area (Å²) >= 11 is 0. The second-order valence-corrected chi connectivity index (χ2v) is 5.09. The van der Waals surface area contributed by atoms with Crippen molar-refractivity contribution in [1.82, 2.24) is 4.90 Å². The molecule has 2 heterocycles. The summed E-state index contributed by atoms with van der Waals surface area (Å²) in [5.41, 5.74) is 0.358. The van der Waals surface area contributed by atoms with Crippen LogP contribution in [0.4, 0.5) is 0 Å². The van der Waals surface area contributed by atoms with Gasteiger partial charge in [0.1, 0.15) is 0 Å². The quantitative estimate of drug-likeness (QED) is 0.707. The topological polar surface area (TPSA) is 36.3 Å². The van der Waals surface area contributed by atoms with Crippen molar-refractivity contribution < 1.29 is 4.74 Å². The Kier molecular flexibility index (Phi) is 3.28. The van der Waals surface area contributed by atoms with E-state index in [1.807, 2.05) is 0 Å². The summed E-state index contributed by atoms with van der Waals surface area (Å²) in [5.74, 6) is 0.788. The molecule has 0 atom stereocenters. The first-order valence-electron chi connectivity index (χ1n) is 5.90. The zero-order valence-corrected chi connectivity index (χ0v) is 9.54. The fraction of sp³-hybridized carbons (Fsp3) is 0.917. The van der Waals surface area contributed by atoms with Crippen molar-refractivity contribution in [2.75, 3.05) is 33.4 Å². The predicted molar refractivity (Wildman–Crippen MR) is 58.3 cm³/mol. The minimum absolute atomic E-state index is 0.358. The SMILES string of the molecule is CN1CCC(C2(CCC#N)COC2)CC1. The van der Waals surface area contributed by atoms with Crippen molar-refractivity contribution in [3.05, 3.63) is 0 Å². The normalized spacial score (nSPS) is 26.9. The van der Waals surface area contributed by atoms with Crippen LogP contribution in [0.3, 0.4) is 0 Å². The molecule has 15 heavy (non-hydrogen) atoms. The fourth-order valence-electron chi connectivity index (χ4n) is 2.87. The number of ether oxygens (including phenoxy) is 1. The highest BCUT2D eigenvalue weighted by Gasteiger charge is 2.45. The Morgan fingerprint density at radius 1 is 1.40 bits per heavy atom. The van der Waals surface area contributed by atoms with Gasteiger partial charge in [-0.15, -0.1) is 0 Å². The maximum Gasteiger partial charge on any atom is 0.0621 e. The summed E-state index contributed by atoms with van der Waals surface area (Å²) < 4.78 is 5.39. The van der Waals surface area contributed by atoms with Crippen LogP contribution >= 0.6 is 0 Å². The predicted octanol–water partition coefficient (Wildman–Crippen LogP) is 1.65.